The first kappa shape index (κ1) is 20.1. The van der Waals surface area contributed by atoms with Crippen LogP contribution in [0.4, 0.5) is 11.4 Å². The first-order valence-corrected chi connectivity index (χ1v) is 11.4. The van der Waals surface area contributed by atoms with Crippen molar-refractivity contribution >= 4 is 38.4 Å². The van der Waals surface area contributed by atoms with Gasteiger partial charge in [0, 0.05) is 47.7 Å². The van der Waals surface area contributed by atoms with Crippen molar-refractivity contribution in [3.63, 3.8) is 0 Å². The van der Waals surface area contributed by atoms with E-state index in [9.17, 15) is 13.2 Å². The Balaban J connectivity index is 1.37. The van der Waals surface area contributed by atoms with Gasteiger partial charge in [0.25, 0.3) is 5.91 Å². The van der Waals surface area contributed by atoms with Crippen LogP contribution in [0.25, 0.3) is 22.2 Å². The molecular formula is C23H19N5O3S. The Hall–Kier alpha value is -3.82. The lowest BCUT2D eigenvalue weighted by molar-refractivity contribution is 0.102. The predicted molar refractivity (Wildman–Crippen MR) is 124 cm³/mol. The van der Waals surface area contributed by atoms with Crippen molar-refractivity contribution in [2.45, 2.75) is 0 Å². The number of carbonyl (C=O) groups excluding carboxylic acids is 1. The van der Waals surface area contributed by atoms with Crippen LogP contribution in [0.3, 0.4) is 0 Å². The Morgan fingerprint density at radius 3 is 2.59 bits per heavy atom. The molecule has 1 aliphatic rings. The Bertz CT molecular complexity index is 1420. The summed E-state index contributed by atoms with van der Waals surface area (Å²) in [6.45, 7) is 0.723. The van der Waals surface area contributed by atoms with Gasteiger partial charge >= 0.3 is 10.2 Å². The number of hydrogen-bond acceptors (Lipinski definition) is 5. The Morgan fingerprint density at radius 2 is 1.81 bits per heavy atom. The largest absolute Gasteiger partial charge is 0.322 e. The molecule has 2 aromatic heterocycles. The van der Waals surface area contributed by atoms with E-state index >= 15 is 0 Å². The van der Waals surface area contributed by atoms with Crippen molar-refractivity contribution in [3.8, 4) is 11.3 Å². The summed E-state index contributed by atoms with van der Waals surface area (Å²) in [4.78, 5) is 21.6. The second-order valence-electron chi connectivity index (χ2n) is 7.28. The van der Waals surface area contributed by atoms with Crippen molar-refractivity contribution in [1.82, 2.24) is 14.7 Å². The van der Waals surface area contributed by atoms with Crippen molar-refractivity contribution in [2.75, 3.05) is 22.7 Å². The van der Waals surface area contributed by atoms with E-state index in [1.165, 1.54) is 4.31 Å². The molecule has 2 aromatic carbocycles. The van der Waals surface area contributed by atoms with E-state index in [1.54, 1.807) is 36.7 Å². The third-order valence-corrected chi connectivity index (χ3v) is 6.77. The van der Waals surface area contributed by atoms with E-state index in [1.807, 2.05) is 42.5 Å². The molecule has 160 valence electrons. The molecular weight excluding hydrogens is 426 g/mol. The Morgan fingerprint density at radius 1 is 0.969 bits per heavy atom. The van der Waals surface area contributed by atoms with Gasteiger partial charge < -0.3 is 5.32 Å². The fraction of sp³-hybridized carbons (Fsp3) is 0.0870. The van der Waals surface area contributed by atoms with Gasteiger partial charge in [-0.2, -0.15) is 13.1 Å². The number of aromatic nitrogens is 2. The monoisotopic (exact) mass is 445 g/mol. The molecule has 8 nitrogen and oxygen atoms in total. The van der Waals surface area contributed by atoms with Crippen LogP contribution in [0, 0.1) is 0 Å². The number of nitrogens with zero attached hydrogens (tertiary/aromatic N) is 3. The SMILES string of the molecule is O=C(Nc1cccc(-c2nccc3ncccc23)c1)c1ccc(N2CCNS2(=O)=O)cc1. The number of hydrogen-bond donors (Lipinski definition) is 2. The zero-order valence-corrected chi connectivity index (χ0v) is 17.7. The summed E-state index contributed by atoms with van der Waals surface area (Å²) >= 11 is 0. The maximum Gasteiger partial charge on any atom is 0.301 e. The van der Waals surface area contributed by atoms with E-state index in [4.69, 9.17) is 0 Å². The minimum Gasteiger partial charge on any atom is -0.322 e. The smallest absolute Gasteiger partial charge is 0.301 e. The molecule has 2 N–H and O–H groups in total. The first-order chi connectivity index (χ1) is 15.5. The average molecular weight is 446 g/mol. The highest BCUT2D eigenvalue weighted by Gasteiger charge is 2.27. The minimum absolute atomic E-state index is 0.288. The third kappa shape index (κ3) is 3.79. The molecule has 1 aliphatic heterocycles. The van der Waals surface area contributed by atoms with Crippen LogP contribution in [0.15, 0.2) is 79.1 Å². The quantitative estimate of drug-likeness (QED) is 0.502. The van der Waals surface area contributed by atoms with Crippen LogP contribution in [0.1, 0.15) is 10.4 Å². The molecule has 32 heavy (non-hydrogen) atoms. The lowest BCUT2D eigenvalue weighted by Gasteiger charge is -2.16. The van der Waals surface area contributed by atoms with Gasteiger partial charge in [0.1, 0.15) is 0 Å². The third-order valence-electron chi connectivity index (χ3n) is 5.23. The molecule has 3 heterocycles. The molecule has 0 spiro atoms. The summed E-state index contributed by atoms with van der Waals surface area (Å²) in [6, 6.07) is 19.6. The highest BCUT2D eigenvalue weighted by atomic mass is 32.2. The molecule has 0 radical (unpaired) electrons. The van der Waals surface area contributed by atoms with Crippen LogP contribution in [0.2, 0.25) is 0 Å². The molecule has 0 bridgehead atoms. The maximum absolute atomic E-state index is 12.8. The highest BCUT2D eigenvalue weighted by molar-refractivity contribution is 7.91. The Labute approximate surface area is 185 Å². The van der Waals surface area contributed by atoms with Gasteiger partial charge in [-0.05, 0) is 54.6 Å². The van der Waals surface area contributed by atoms with Crippen LogP contribution < -0.4 is 14.3 Å². The first-order valence-electron chi connectivity index (χ1n) is 10.0. The number of benzene rings is 2. The zero-order valence-electron chi connectivity index (χ0n) is 16.9. The van der Waals surface area contributed by atoms with Gasteiger partial charge in [0.05, 0.1) is 16.9 Å². The molecule has 9 heteroatoms. The van der Waals surface area contributed by atoms with Crippen molar-refractivity contribution < 1.29 is 13.2 Å². The zero-order chi connectivity index (χ0) is 22.1. The normalized spacial score (nSPS) is 15.1. The van der Waals surface area contributed by atoms with E-state index in [-0.39, 0.29) is 5.91 Å². The Kier molecular flexibility index (Phi) is 5.04. The molecule has 0 unspecified atom stereocenters. The molecule has 0 saturated carbocycles. The minimum atomic E-state index is -3.50. The maximum atomic E-state index is 12.8. The summed E-state index contributed by atoms with van der Waals surface area (Å²) < 4.78 is 27.7. The average Bonchev–Trinajstić information content (AvgIpc) is 3.18. The van der Waals surface area contributed by atoms with Gasteiger partial charge in [-0.1, -0.05) is 12.1 Å². The molecule has 1 amide bonds. The number of fused-ring (bicyclic) bond motifs is 1. The molecule has 4 aromatic rings. The lowest BCUT2D eigenvalue weighted by atomic mass is 10.1. The fourth-order valence-corrected chi connectivity index (χ4v) is 4.94. The number of amides is 1. The summed E-state index contributed by atoms with van der Waals surface area (Å²) in [5.41, 5.74) is 4.08. The van der Waals surface area contributed by atoms with Crippen LogP contribution in [0.5, 0.6) is 0 Å². The van der Waals surface area contributed by atoms with Crippen molar-refractivity contribution in [1.29, 1.82) is 0 Å². The topological polar surface area (TPSA) is 104 Å². The molecule has 0 atom stereocenters. The summed E-state index contributed by atoms with van der Waals surface area (Å²) in [7, 11) is -3.50. The summed E-state index contributed by atoms with van der Waals surface area (Å²) in [6.07, 6.45) is 3.46. The second kappa shape index (κ2) is 8.03. The number of nitrogens with one attached hydrogen (secondary N) is 2. The van der Waals surface area contributed by atoms with E-state index in [2.05, 4.69) is 20.0 Å². The van der Waals surface area contributed by atoms with Gasteiger partial charge in [0.2, 0.25) is 0 Å². The second-order valence-corrected chi connectivity index (χ2v) is 8.96. The number of carbonyl (C=O) groups is 1. The molecule has 1 fully saturated rings. The summed E-state index contributed by atoms with van der Waals surface area (Å²) in [5.74, 6) is -0.288. The van der Waals surface area contributed by atoms with E-state index < -0.39 is 10.2 Å². The van der Waals surface area contributed by atoms with Gasteiger partial charge in [-0.3, -0.25) is 19.1 Å². The standard InChI is InChI=1S/C23H19N5O3S/c29-23(16-6-8-19(9-7-16)28-14-13-26-32(28,30)31)27-18-4-1-3-17(15-18)22-20-5-2-11-24-21(20)10-12-25-22/h1-12,15,26H,13-14H2,(H,27,29). The molecule has 5 rings (SSSR count). The molecule has 0 aliphatic carbocycles. The molecule has 1 saturated heterocycles. The summed E-state index contributed by atoms with van der Waals surface area (Å²) in [5, 5.41) is 3.83. The van der Waals surface area contributed by atoms with Gasteiger partial charge in [-0.25, -0.2) is 0 Å². The van der Waals surface area contributed by atoms with Crippen molar-refractivity contribution in [2.24, 2.45) is 0 Å². The van der Waals surface area contributed by atoms with Crippen LogP contribution in [-0.4, -0.2) is 37.4 Å². The van der Waals surface area contributed by atoms with Gasteiger partial charge in [-0.15, -0.1) is 0 Å². The van der Waals surface area contributed by atoms with Gasteiger partial charge in [0.15, 0.2) is 0 Å². The number of pyridine rings is 2. The lowest BCUT2D eigenvalue weighted by Crippen LogP contribution is -2.29. The van der Waals surface area contributed by atoms with E-state index in [0.29, 0.717) is 30.0 Å². The van der Waals surface area contributed by atoms with Crippen molar-refractivity contribution in [3.05, 3.63) is 84.7 Å². The fourth-order valence-electron chi connectivity index (χ4n) is 3.70. The van der Waals surface area contributed by atoms with E-state index in [0.717, 1.165) is 22.2 Å². The number of rotatable bonds is 4. The predicted octanol–water partition coefficient (Wildman–Crippen LogP) is 3.20. The van der Waals surface area contributed by atoms with Crippen LogP contribution in [-0.2, 0) is 10.2 Å². The highest BCUT2D eigenvalue weighted by Crippen LogP contribution is 2.27. The van der Waals surface area contributed by atoms with Crippen LogP contribution >= 0.6 is 0 Å². The number of anilines is 2.